The molecule has 0 aliphatic carbocycles. The fourth-order valence-electron chi connectivity index (χ4n) is 2.60. The van der Waals surface area contributed by atoms with Gasteiger partial charge in [0.2, 0.25) is 0 Å². The quantitative estimate of drug-likeness (QED) is 0.786. The third-order valence-electron chi connectivity index (χ3n) is 4.00. The van der Waals surface area contributed by atoms with Crippen molar-refractivity contribution in [1.29, 1.82) is 0 Å². The highest BCUT2D eigenvalue weighted by Crippen LogP contribution is 2.06. The van der Waals surface area contributed by atoms with Gasteiger partial charge in [-0.3, -0.25) is 14.7 Å². The van der Waals surface area contributed by atoms with Crippen molar-refractivity contribution in [2.24, 2.45) is 0 Å². The molecule has 2 aromatic rings. The Morgan fingerprint density at radius 2 is 2.08 bits per heavy atom. The minimum Gasteiger partial charge on any atom is -0.379 e. The van der Waals surface area contributed by atoms with Crippen LogP contribution >= 0.6 is 0 Å². The van der Waals surface area contributed by atoms with E-state index in [2.05, 4.69) is 25.5 Å². The molecule has 7 heteroatoms. The first kappa shape index (κ1) is 17.3. The van der Waals surface area contributed by atoms with Crippen LogP contribution in [-0.2, 0) is 11.3 Å². The molecule has 0 bridgehead atoms. The van der Waals surface area contributed by atoms with E-state index in [0.29, 0.717) is 18.1 Å². The number of hydrogen-bond acceptors (Lipinski definition) is 6. The Hall–Kier alpha value is -2.51. The largest absolute Gasteiger partial charge is 0.379 e. The average molecular weight is 341 g/mol. The zero-order chi connectivity index (χ0) is 17.3. The predicted octanol–water partition coefficient (Wildman–Crippen LogP) is 1.15. The number of pyridine rings is 2. The standard InChI is InChI=1S/C18H23N5O2/c24-18(21-14-15-3-2-6-19-13-15)16-4-1-5-17(22-16)20-7-8-23-9-11-25-12-10-23/h1-6,13H,7-12,14H2,(H,20,22)(H,21,24). The molecule has 0 spiro atoms. The molecule has 1 saturated heterocycles. The van der Waals surface area contributed by atoms with E-state index in [1.807, 2.05) is 24.3 Å². The Kier molecular flexibility index (Phi) is 6.30. The number of nitrogens with one attached hydrogen (secondary N) is 2. The summed E-state index contributed by atoms with van der Waals surface area (Å²) >= 11 is 0. The number of aromatic nitrogens is 2. The van der Waals surface area contributed by atoms with Gasteiger partial charge in [0.05, 0.1) is 13.2 Å². The molecule has 0 radical (unpaired) electrons. The summed E-state index contributed by atoms with van der Waals surface area (Å²) in [4.78, 5) is 23.0. The van der Waals surface area contributed by atoms with E-state index in [1.54, 1.807) is 18.5 Å². The minimum atomic E-state index is -0.194. The number of nitrogens with zero attached hydrogens (tertiary/aromatic N) is 3. The van der Waals surface area contributed by atoms with Gasteiger partial charge in [-0.05, 0) is 23.8 Å². The number of morpholine rings is 1. The smallest absolute Gasteiger partial charge is 0.270 e. The van der Waals surface area contributed by atoms with Gasteiger partial charge >= 0.3 is 0 Å². The van der Waals surface area contributed by atoms with Gasteiger partial charge in [0.25, 0.3) is 5.91 Å². The average Bonchev–Trinajstić information content (AvgIpc) is 2.68. The fraction of sp³-hybridized carbons (Fsp3) is 0.389. The Bertz CT molecular complexity index is 674. The fourth-order valence-corrected chi connectivity index (χ4v) is 2.60. The molecule has 132 valence electrons. The molecule has 1 aliphatic heterocycles. The van der Waals surface area contributed by atoms with Gasteiger partial charge in [0.15, 0.2) is 0 Å². The number of carbonyl (C=O) groups is 1. The van der Waals surface area contributed by atoms with Gasteiger partial charge in [-0.2, -0.15) is 0 Å². The predicted molar refractivity (Wildman–Crippen MR) is 95.4 cm³/mol. The maximum absolute atomic E-state index is 12.2. The van der Waals surface area contributed by atoms with E-state index >= 15 is 0 Å². The van der Waals surface area contributed by atoms with E-state index in [9.17, 15) is 4.79 Å². The van der Waals surface area contributed by atoms with Crippen LogP contribution in [0.1, 0.15) is 16.1 Å². The number of hydrogen-bond donors (Lipinski definition) is 2. The Morgan fingerprint density at radius 1 is 1.20 bits per heavy atom. The van der Waals surface area contributed by atoms with Crippen LogP contribution in [0.15, 0.2) is 42.7 Å². The summed E-state index contributed by atoms with van der Waals surface area (Å²) in [5.41, 5.74) is 1.36. The van der Waals surface area contributed by atoms with Crippen LogP contribution in [-0.4, -0.2) is 60.2 Å². The summed E-state index contributed by atoms with van der Waals surface area (Å²) in [5.74, 6) is 0.517. The van der Waals surface area contributed by atoms with Crippen molar-refractivity contribution >= 4 is 11.7 Å². The first-order chi connectivity index (χ1) is 12.3. The van der Waals surface area contributed by atoms with Crippen molar-refractivity contribution in [3.8, 4) is 0 Å². The molecule has 25 heavy (non-hydrogen) atoms. The van der Waals surface area contributed by atoms with Crippen molar-refractivity contribution in [3.63, 3.8) is 0 Å². The van der Waals surface area contributed by atoms with Gasteiger partial charge in [-0.15, -0.1) is 0 Å². The maximum Gasteiger partial charge on any atom is 0.270 e. The first-order valence-corrected chi connectivity index (χ1v) is 8.49. The van der Waals surface area contributed by atoms with Crippen molar-refractivity contribution < 1.29 is 9.53 Å². The lowest BCUT2D eigenvalue weighted by molar-refractivity contribution is 0.0398. The number of rotatable bonds is 7. The molecule has 2 aromatic heterocycles. The summed E-state index contributed by atoms with van der Waals surface area (Å²) in [6.45, 7) is 5.67. The monoisotopic (exact) mass is 341 g/mol. The van der Waals surface area contributed by atoms with Gasteiger partial charge in [-0.25, -0.2) is 4.98 Å². The van der Waals surface area contributed by atoms with Gasteiger partial charge < -0.3 is 15.4 Å². The van der Waals surface area contributed by atoms with Crippen molar-refractivity contribution in [2.45, 2.75) is 6.54 Å². The van der Waals surface area contributed by atoms with E-state index in [-0.39, 0.29) is 5.91 Å². The normalized spacial score (nSPS) is 14.9. The molecule has 0 atom stereocenters. The number of amides is 1. The minimum absolute atomic E-state index is 0.194. The third kappa shape index (κ3) is 5.51. The zero-order valence-electron chi connectivity index (χ0n) is 14.1. The van der Waals surface area contributed by atoms with Crippen LogP contribution in [0.25, 0.3) is 0 Å². The van der Waals surface area contributed by atoms with Crippen LogP contribution in [0, 0.1) is 0 Å². The Labute approximate surface area is 147 Å². The Morgan fingerprint density at radius 3 is 2.88 bits per heavy atom. The SMILES string of the molecule is O=C(NCc1cccnc1)c1cccc(NCCN2CCOCC2)n1. The lowest BCUT2D eigenvalue weighted by Gasteiger charge is -2.26. The molecular formula is C18H23N5O2. The first-order valence-electron chi connectivity index (χ1n) is 8.49. The number of carbonyl (C=O) groups excluding carboxylic acids is 1. The summed E-state index contributed by atoms with van der Waals surface area (Å²) < 4.78 is 5.34. The Balaban J connectivity index is 1.47. The lowest BCUT2D eigenvalue weighted by Crippen LogP contribution is -2.39. The highest BCUT2D eigenvalue weighted by Gasteiger charge is 2.10. The molecule has 3 heterocycles. The van der Waals surface area contributed by atoms with E-state index in [1.165, 1.54) is 0 Å². The van der Waals surface area contributed by atoms with Crippen LogP contribution in [0.4, 0.5) is 5.82 Å². The summed E-state index contributed by atoms with van der Waals surface area (Å²) in [6.07, 6.45) is 3.44. The van der Waals surface area contributed by atoms with Gasteiger partial charge in [0, 0.05) is 45.1 Å². The summed E-state index contributed by atoms with van der Waals surface area (Å²) in [5, 5.41) is 6.14. The lowest BCUT2D eigenvalue weighted by atomic mass is 10.2. The summed E-state index contributed by atoms with van der Waals surface area (Å²) in [7, 11) is 0. The second kappa shape index (κ2) is 9.10. The second-order valence-corrected chi connectivity index (χ2v) is 5.83. The third-order valence-corrected chi connectivity index (χ3v) is 4.00. The van der Waals surface area contributed by atoms with Crippen molar-refractivity contribution in [3.05, 3.63) is 54.0 Å². The van der Waals surface area contributed by atoms with Crippen molar-refractivity contribution in [1.82, 2.24) is 20.2 Å². The molecule has 0 unspecified atom stereocenters. The van der Waals surface area contributed by atoms with Crippen molar-refractivity contribution in [2.75, 3.05) is 44.7 Å². The highest BCUT2D eigenvalue weighted by atomic mass is 16.5. The molecular weight excluding hydrogens is 318 g/mol. The number of anilines is 1. The molecule has 2 N–H and O–H groups in total. The maximum atomic E-state index is 12.2. The highest BCUT2D eigenvalue weighted by molar-refractivity contribution is 5.92. The van der Waals surface area contributed by atoms with Gasteiger partial charge in [0.1, 0.15) is 11.5 Å². The number of ether oxygens (including phenoxy) is 1. The zero-order valence-corrected chi connectivity index (χ0v) is 14.1. The molecule has 7 nitrogen and oxygen atoms in total. The molecule has 1 amide bonds. The van der Waals surface area contributed by atoms with Gasteiger partial charge in [-0.1, -0.05) is 12.1 Å². The van der Waals surface area contributed by atoms with Crippen LogP contribution < -0.4 is 10.6 Å². The van der Waals surface area contributed by atoms with Crippen LogP contribution in [0.5, 0.6) is 0 Å². The molecule has 1 fully saturated rings. The molecule has 1 aliphatic rings. The topological polar surface area (TPSA) is 79.4 Å². The van der Waals surface area contributed by atoms with E-state index in [0.717, 1.165) is 45.0 Å². The molecule has 0 aromatic carbocycles. The van der Waals surface area contributed by atoms with Crippen LogP contribution in [0.2, 0.25) is 0 Å². The molecule has 0 saturated carbocycles. The molecule has 3 rings (SSSR count). The van der Waals surface area contributed by atoms with E-state index in [4.69, 9.17) is 4.74 Å². The van der Waals surface area contributed by atoms with Crippen LogP contribution in [0.3, 0.4) is 0 Å². The summed E-state index contributed by atoms with van der Waals surface area (Å²) in [6, 6.07) is 9.19. The second-order valence-electron chi connectivity index (χ2n) is 5.83. The van der Waals surface area contributed by atoms with E-state index < -0.39 is 0 Å².